The Morgan fingerprint density at radius 3 is 2.31 bits per heavy atom. The van der Waals surface area contributed by atoms with E-state index in [9.17, 15) is 13.2 Å². The number of benzene rings is 3. The van der Waals surface area contributed by atoms with Crippen LogP contribution in [0.5, 0.6) is 17.2 Å². The highest BCUT2D eigenvalue weighted by atomic mass is 79.9. The zero-order valence-electron chi connectivity index (χ0n) is 19.5. The van der Waals surface area contributed by atoms with E-state index in [0.717, 1.165) is 20.0 Å². The van der Waals surface area contributed by atoms with Gasteiger partial charge in [0.1, 0.15) is 12.3 Å². The molecule has 3 aromatic carbocycles. The molecule has 1 aliphatic heterocycles. The third-order valence-corrected chi connectivity index (χ3v) is 8.08. The molecular formula is C25H25BrN2O6S. The van der Waals surface area contributed by atoms with Crippen LogP contribution >= 0.6 is 15.9 Å². The van der Waals surface area contributed by atoms with Gasteiger partial charge in [0.15, 0.2) is 11.5 Å². The van der Waals surface area contributed by atoms with E-state index in [1.54, 1.807) is 29.2 Å². The van der Waals surface area contributed by atoms with Crippen molar-refractivity contribution in [2.75, 3.05) is 43.6 Å². The summed E-state index contributed by atoms with van der Waals surface area (Å²) in [6, 6.07) is 16.6. The van der Waals surface area contributed by atoms with E-state index in [-0.39, 0.29) is 23.1 Å². The second kappa shape index (κ2) is 10.2. The van der Waals surface area contributed by atoms with Gasteiger partial charge in [0.25, 0.3) is 10.0 Å². The SMILES string of the molecule is COc1ccc(N(CC(=O)N2CCc3cc(Br)ccc32)S(=O)(=O)c2ccc(OC)c(OC)c2)cc1. The number of anilines is 2. The fourth-order valence-corrected chi connectivity index (χ4v) is 5.84. The molecule has 0 N–H and O–H groups in total. The summed E-state index contributed by atoms with van der Waals surface area (Å²) in [4.78, 5) is 15.0. The molecule has 0 bridgehead atoms. The number of ether oxygens (including phenoxy) is 3. The number of sulfonamides is 1. The van der Waals surface area contributed by atoms with Crippen molar-refractivity contribution in [3.05, 3.63) is 70.7 Å². The van der Waals surface area contributed by atoms with E-state index in [1.807, 2.05) is 18.2 Å². The summed E-state index contributed by atoms with van der Waals surface area (Å²) in [5, 5.41) is 0. The molecule has 0 saturated heterocycles. The molecule has 4 rings (SSSR count). The van der Waals surface area contributed by atoms with Crippen LogP contribution in [0, 0.1) is 0 Å². The molecule has 1 aliphatic rings. The number of halogens is 1. The van der Waals surface area contributed by atoms with Crippen molar-refractivity contribution in [1.29, 1.82) is 0 Å². The number of hydrogen-bond donors (Lipinski definition) is 0. The number of nitrogens with zero attached hydrogens (tertiary/aromatic N) is 2. The molecule has 3 aromatic rings. The minimum atomic E-state index is -4.14. The van der Waals surface area contributed by atoms with Crippen molar-refractivity contribution >= 4 is 43.2 Å². The number of fused-ring (bicyclic) bond motifs is 1. The van der Waals surface area contributed by atoms with Gasteiger partial charge in [-0.15, -0.1) is 0 Å². The molecule has 0 fully saturated rings. The van der Waals surface area contributed by atoms with Gasteiger partial charge in [-0.3, -0.25) is 9.10 Å². The van der Waals surface area contributed by atoms with Crippen LogP contribution in [-0.4, -0.2) is 48.7 Å². The Bertz CT molecular complexity index is 1340. The number of amides is 1. The molecule has 0 aromatic heterocycles. The molecule has 0 saturated carbocycles. The van der Waals surface area contributed by atoms with Crippen molar-refractivity contribution < 1.29 is 27.4 Å². The lowest BCUT2D eigenvalue weighted by molar-refractivity contribution is -0.117. The average molecular weight is 561 g/mol. The second-order valence-corrected chi connectivity index (χ2v) is 10.6. The topological polar surface area (TPSA) is 85.4 Å². The molecule has 1 heterocycles. The normalized spacial score (nSPS) is 12.7. The Morgan fingerprint density at radius 2 is 1.66 bits per heavy atom. The van der Waals surface area contributed by atoms with Crippen molar-refractivity contribution in [2.45, 2.75) is 11.3 Å². The van der Waals surface area contributed by atoms with Gasteiger partial charge in [-0.1, -0.05) is 15.9 Å². The van der Waals surface area contributed by atoms with Crippen LogP contribution in [0.4, 0.5) is 11.4 Å². The summed E-state index contributed by atoms with van der Waals surface area (Å²) in [6.45, 7) is 0.107. The summed E-state index contributed by atoms with van der Waals surface area (Å²) >= 11 is 3.46. The highest BCUT2D eigenvalue weighted by Crippen LogP contribution is 2.34. The highest BCUT2D eigenvalue weighted by Gasteiger charge is 2.32. The van der Waals surface area contributed by atoms with Crippen LogP contribution < -0.4 is 23.4 Å². The second-order valence-electron chi connectivity index (χ2n) is 7.79. The monoisotopic (exact) mass is 560 g/mol. The Hall–Kier alpha value is -3.24. The first-order valence-corrected chi connectivity index (χ1v) is 13.0. The van der Waals surface area contributed by atoms with Crippen molar-refractivity contribution in [1.82, 2.24) is 0 Å². The van der Waals surface area contributed by atoms with Crippen LogP contribution in [-0.2, 0) is 21.2 Å². The standard InChI is InChI=1S/C25H25BrN2O6S/c1-32-20-7-5-19(6-8-20)28(35(30,31)21-9-11-23(33-2)24(15-21)34-3)16-25(29)27-13-12-17-14-18(26)4-10-22(17)27/h4-11,14-15H,12-13,16H2,1-3H3. The van der Waals surface area contributed by atoms with Crippen LogP contribution in [0.1, 0.15) is 5.56 Å². The van der Waals surface area contributed by atoms with Gasteiger partial charge in [-0.05, 0) is 66.6 Å². The molecule has 0 atom stereocenters. The van der Waals surface area contributed by atoms with E-state index in [2.05, 4.69) is 15.9 Å². The van der Waals surface area contributed by atoms with Gasteiger partial charge < -0.3 is 19.1 Å². The number of carbonyl (C=O) groups excluding carboxylic acids is 1. The largest absolute Gasteiger partial charge is 0.497 e. The number of rotatable bonds is 8. The predicted molar refractivity (Wildman–Crippen MR) is 137 cm³/mol. The first-order valence-electron chi connectivity index (χ1n) is 10.8. The smallest absolute Gasteiger partial charge is 0.264 e. The molecule has 8 nitrogen and oxygen atoms in total. The van der Waals surface area contributed by atoms with Gasteiger partial charge in [-0.25, -0.2) is 8.42 Å². The molecule has 35 heavy (non-hydrogen) atoms. The van der Waals surface area contributed by atoms with Crippen molar-refractivity contribution in [2.24, 2.45) is 0 Å². The molecule has 184 valence electrons. The fourth-order valence-electron chi connectivity index (χ4n) is 4.01. The molecule has 0 aliphatic carbocycles. The fraction of sp³-hybridized carbons (Fsp3) is 0.240. The van der Waals surface area contributed by atoms with Gasteiger partial charge in [0, 0.05) is 22.8 Å². The highest BCUT2D eigenvalue weighted by molar-refractivity contribution is 9.10. The molecule has 0 radical (unpaired) electrons. The van der Waals surface area contributed by atoms with Crippen LogP contribution in [0.2, 0.25) is 0 Å². The molecule has 1 amide bonds. The lowest BCUT2D eigenvalue weighted by Crippen LogP contribution is -2.42. The Morgan fingerprint density at radius 1 is 0.943 bits per heavy atom. The van der Waals surface area contributed by atoms with Gasteiger partial charge in [0.2, 0.25) is 5.91 Å². The Balaban J connectivity index is 1.73. The lowest BCUT2D eigenvalue weighted by atomic mass is 10.2. The maximum atomic E-state index is 13.8. The zero-order chi connectivity index (χ0) is 25.2. The van der Waals surface area contributed by atoms with E-state index in [1.165, 1.54) is 39.5 Å². The third kappa shape index (κ3) is 4.94. The van der Waals surface area contributed by atoms with Gasteiger partial charge >= 0.3 is 0 Å². The zero-order valence-corrected chi connectivity index (χ0v) is 21.9. The summed E-state index contributed by atoms with van der Waals surface area (Å²) < 4.78 is 45.4. The van der Waals surface area contributed by atoms with E-state index >= 15 is 0 Å². The molecule has 0 spiro atoms. The van der Waals surface area contributed by atoms with Crippen molar-refractivity contribution in [3.63, 3.8) is 0 Å². The van der Waals surface area contributed by atoms with E-state index < -0.39 is 10.0 Å². The van der Waals surface area contributed by atoms with Crippen molar-refractivity contribution in [3.8, 4) is 17.2 Å². The Kier molecular flexibility index (Phi) is 7.23. The molecule has 0 unspecified atom stereocenters. The molecular weight excluding hydrogens is 536 g/mol. The van der Waals surface area contributed by atoms with Crippen LogP contribution in [0.3, 0.4) is 0 Å². The lowest BCUT2D eigenvalue weighted by Gasteiger charge is -2.27. The van der Waals surface area contributed by atoms with Gasteiger partial charge in [0.05, 0.1) is 31.9 Å². The minimum Gasteiger partial charge on any atom is -0.497 e. The molecule has 10 heteroatoms. The minimum absolute atomic E-state index is 0.0236. The maximum absolute atomic E-state index is 13.8. The number of hydrogen-bond acceptors (Lipinski definition) is 6. The summed E-state index contributed by atoms with van der Waals surface area (Å²) in [6.07, 6.45) is 0.700. The third-order valence-electron chi connectivity index (χ3n) is 5.82. The predicted octanol–water partition coefficient (Wildman–Crippen LogP) is 4.26. The van der Waals surface area contributed by atoms with Crippen LogP contribution in [0.25, 0.3) is 0 Å². The first-order chi connectivity index (χ1) is 16.8. The number of carbonyl (C=O) groups is 1. The Labute approximate surface area is 213 Å². The number of methoxy groups -OCH3 is 3. The van der Waals surface area contributed by atoms with Crippen LogP contribution in [0.15, 0.2) is 70.0 Å². The van der Waals surface area contributed by atoms with Gasteiger partial charge in [-0.2, -0.15) is 0 Å². The summed E-state index contributed by atoms with van der Waals surface area (Å²) in [7, 11) is 0.295. The first kappa shape index (κ1) is 24.9. The maximum Gasteiger partial charge on any atom is 0.264 e. The van der Waals surface area contributed by atoms with E-state index in [0.29, 0.717) is 30.2 Å². The quantitative estimate of drug-likeness (QED) is 0.409. The average Bonchev–Trinajstić information content (AvgIpc) is 3.29. The van der Waals surface area contributed by atoms with E-state index in [4.69, 9.17) is 14.2 Å². The summed E-state index contributed by atoms with van der Waals surface area (Å²) in [5.41, 5.74) is 2.16. The summed E-state index contributed by atoms with van der Waals surface area (Å²) in [5.74, 6) is 0.917.